The zero-order valence-electron chi connectivity index (χ0n) is 28.5. The molecule has 0 fully saturated rings. The summed E-state index contributed by atoms with van der Waals surface area (Å²) in [6, 6.07) is 17.1. The highest BCUT2D eigenvalue weighted by Gasteiger charge is 2.27. The lowest BCUT2D eigenvalue weighted by molar-refractivity contribution is -0.153. The fraction of sp³-hybridized carbons (Fsp3) is 0.513. The number of pyridine rings is 1. The van der Waals surface area contributed by atoms with E-state index in [-0.39, 0.29) is 32.3 Å². The van der Waals surface area contributed by atoms with E-state index in [1.165, 1.54) is 51.4 Å². The van der Waals surface area contributed by atoms with Gasteiger partial charge >= 0.3 is 11.9 Å². The standard InChI is InChI=1S/C39H53N3O6/c1-2-3-4-5-6-7-8-9-10-11-15-21-31(28-36(40)43)48-39(46)35(25-17-26-37(44)47-29-30-19-13-12-14-20-30)42-38(45)33-22-16-24-34-32(33)23-18-27-41-34/h12-14,16,18-20,22-24,27,31,35H,2-11,15,17,21,25-26,28-29H2,1H3,(H2,40,43)(H,42,45)/t31-,35-/m0/s1. The first-order valence-electron chi connectivity index (χ1n) is 17.7. The average molecular weight is 660 g/mol. The maximum absolute atomic E-state index is 13.5. The van der Waals surface area contributed by atoms with Crippen molar-refractivity contribution in [3.63, 3.8) is 0 Å². The van der Waals surface area contributed by atoms with Gasteiger partial charge < -0.3 is 20.5 Å². The highest BCUT2D eigenvalue weighted by Crippen LogP contribution is 2.19. The van der Waals surface area contributed by atoms with E-state index in [1.807, 2.05) is 36.4 Å². The zero-order valence-corrected chi connectivity index (χ0v) is 28.5. The Morgan fingerprint density at radius 3 is 2.15 bits per heavy atom. The molecular weight excluding hydrogens is 606 g/mol. The maximum Gasteiger partial charge on any atom is 0.328 e. The first-order chi connectivity index (χ1) is 23.4. The number of nitrogens with zero attached hydrogens (tertiary/aromatic N) is 1. The van der Waals surface area contributed by atoms with Gasteiger partial charge in [0.15, 0.2) is 0 Å². The Labute approximate surface area is 285 Å². The Morgan fingerprint density at radius 1 is 0.771 bits per heavy atom. The van der Waals surface area contributed by atoms with Crippen molar-refractivity contribution < 1.29 is 28.7 Å². The minimum absolute atomic E-state index is 0.0636. The van der Waals surface area contributed by atoms with E-state index in [9.17, 15) is 19.2 Å². The Kier molecular flexibility index (Phi) is 17.8. The van der Waals surface area contributed by atoms with Crippen LogP contribution in [0.4, 0.5) is 0 Å². The fourth-order valence-corrected chi connectivity index (χ4v) is 5.76. The molecule has 9 heteroatoms. The van der Waals surface area contributed by atoms with Crippen LogP contribution in [0.5, 0.6) is 0 Å². The van der Waals surface area contributed by atoms with Gasteiger partial charge in [-0.1, -0.05) is 114 Å². The van der Waals surface area contributed by atoms with Gasteiger partial charge in [-0.3, -0.25) is 19.4 Å². The van der Waals surface area contributed by atoms with Gasteiger partial charge in [-0.15, -0.1) is 0 Å². The van der Waals surface area contributed by atoms with Crippen LogP contribution in [0.2, 0.25) is 0 Å². The predicted octanol–water partition coefficient (Wildman–Crippen LogP) is 7.74. The average Bonchev–Trinajstić information content (AvgIpc) is 3.09. The van der Waals surface area contributed by atoms with Crippen molar-refractivity contribution in [2.45, 2.75) is 128 Å². The van der Waals surface area contributed by atoms with Gasteiger partial charge in [0.25, 0.3) is 5.91 Å². The van der Waals surface area contributed by atoms with Crippen LogP contribution in [0.15, 0.2) is 66.9 Å². The second-order valence-electron chi connectivity index (χ2n) is 12.5. The summed E-state index contributed by atoms with van der Waals surface area (Å²) in [6.07, 6.45) is 14.9. The van der Waals surface area contributed by atoms with Crippen molar-refractivity contribution in [2.75, 3.05) is 0 Å². The number of benzene rings is 2. The van der Waals surface area contributed by atoms with Crippen LogP contribution >= 0.6 is 0 Å². The molecule has 2 atom stereocenters. The minimum Gasteiger partial charge on any atom is -0.461 e. The number of esters is 2. The molecule has 0 aliphatic heterocycles. The molecular formula is C39H53N3O6. The summed E-state index contributed by atoms with van der Waals surface area (Å²) < 4.78 is 11.2. The number of rotatable bonds is 24. The molecule has 9 nitrogen and oxygen atoms in total. The second-order valence-corrected chi connectivity index (χ2v) is 12.5. The molecule has 1 heterocycles. The molecule has 260 valence electrons. The first kappa shape index (κ1) is 38.2. The number of amides is 2. The summed E-state index contributed by atoms with van der Waals surface area (Å²) in [5.74, 6) is -2.07. The normalized spacial score (nSPS) is 12.3. The lowest BCUT2D eigenvalue weighted by atomic mass is 10.0. The summed E-state index contributed by atoms with van der Waals surface area (Å²) in [4.78, 5) is 55.6. The van der Waals surface area contributed by atoms with E-state index >= 15 is 0 Å². The molecule has 3 aromatic rings. The molecule has 2 aromatic carbocycles. The van der Waals surface area contributed by atoms with Crippen LogP contribution < -0.4 is 11.1 Å². The van der Waals surface area contributed by atoms with Gasteiger partial charge in [0.05, 0.1) is 11.9 Å². The number of ether oxygens (including phenoxy) is 2. The van der Waals surface area contributed by atoms with Gasteiger partial charge in [-0.25, -0.2) is 4.79 Å². The van der Waals surface area contributed by atoms with Crippen LogP contribution in [0, 0.1) is 0 Å². The van der Waals surface area contributed by atoms with E-state index in [4.69, 9.17) is 15.2 Å². The molecule has 48 heavy (non-hydrogen) atoms. The quantitative estimate of drug-likeness (QED) is 0.0741. The van der Waals surface area contributed by atoms with Gasteiger partial charge in [-0.05, 0) is 49.4 Å². The van der Waals surface area contributed by atoms with Gasteiger partial charge in [0, 0.05) is 23.6 Å². The molecule has 0 bridgehead atoms. The first-order valence-corrected chi connectivity index (χ1v) is 17.7. The van der Waals surface area contributed by atoms with Crippen molar-refractivity contribution in [3.8, 4) is 0 Å². The van der Waals surface area contributed by atoms with Crippen LogP contribution in [0.25, 0.3) is 10.9 Å². The van der Waals surface area contributed by atoms with E-state index < -0.39 is 35.9 Å². The number of primary amides is 1. The second kappa shape index (κ2) is 22.3. The van der Waals surface area contributed by atoms with Crippen LogP contribution in [0.1, 0.15) is 126 Å². The number of aromatic nitrogens is 1. The molecule has 2 amide bonds. The Hall–Kier alpha value is -4.27. The number of carbonyl (C=O) groups is 4. The summed E-state index contributed by atoms with van der Waals surface area (Å²) in [6.45, 7) is 2.39. The van der Waals surface area contributed by atoms with E-state index in [2.05, 4.69) is 17.2 Å². The zero-order chi connectivity index (χ0) is 34.4. The lowest BCUT2D eigenvalue weighted by Crippen LogP contribution is -2.43. The smallest absolute Gasteiger partial charge is 0.328 e. The molecule has 3 N–H and O–H groups in total. The fourth-order valence-electron chi connectivity index (χ4n) is 5.76. The van der Waals surface area contributed by atoms with Crippen molar-refractivity contribution >= 4 is 34.7 Å². The Morgan fingerprint density at radius 2 is 1.46 bits per heavy atom. The molecule has 0 saturated heterocycles. The lowest BCUT2D eigenvalue weighted by Gasteiger charge is -2.22. The molecule has 0 saturated carbocycles. The Balaban J connectivity index is 1.56. The summed E-state index contributed by atoms with van der Waals surface area (Å²) in [7, 11) is 0. The van der Waals surface area contributed by atoms with Crippen molar-refractivity contribution in [1.82, 2.24) is 10.3 Å². The summed E-state index contributed by atoms with van der Waals surface area (Å²) in [5, 5.41) is 3.47. The number of unbranched alkanes of at least 4 members (excludes halogenated alkanes) is 10. The number of nitrogens with two attached hydrogens (primary N) is 1. The Bertz CT molecular complexity index is 1410. The third-order valence-corrected chi connectivity index (χ3v) is 8.44. The van der Waals surface area contributed by atoms with Crippen LogP contribution in [-0.2, 0) is 30.5 Å². The number of fused-ring (bicyclic) bond motifs is 1. The molecule has 0 aliphatic rings. The molecule has 0 aliphatic carbocycles. The van der Waals surface area contributed by atoms with E-state index in [1.54, 1.807) is 30.5 Å². The van der Waals surface area contributed by atoms with Crippen molar-refractivity contribution in [2.24, 2.45) is 5.73 Å². The SMILES string of the molecule is CCCCCCCCCCCCC[C@@H](CC(N)=O)OC(=O)[C@H](CCCC(=O)OCc1ccccc1)NC(=O)c1cccc2ncccc12. The highest BCUT2D eigenvalue weighted by atomic mass is 16.5. The monoisotopic (exact) mass is 659 g/mol. The number of carbonyl (C=O) groups excluding carboxylic acids is 4. The molecule has 0 spiro atoms. The third kappa shape index (κ3) is 14.7. The minimum atomic E-state index is -1.04. The van der Waals surface area contributed by atoms with Crippen LogP contribution in [-0.4, -0.2) is 40.9 Å². The predicted molar refractivity (Wildman–Crippen MR) is 188 cm³/mol. The molecule has 0 unspecified atom stereocenters. The van der Waals surface area contributed by atoms with E-state index in [0.717, 1.165) is 24.8 Å². The number of hydrogen-bond acceptors (Lipinski definition) is 7. The van der Waals surface area contributed by atoms with E-state index in [0.29, 0.717) is 22.9 Å². The molecule has 1 aromatic heterocycles. The molecule has 0 radical (unpaired) electrons. The van der Waals surface area contributed by atoms with Gasteiger partial charge in [0.1, 0.15) is 18.8 Å². The van der Waals surface area contributed by atoms with Crippen LogP contribution in [0.3, 0.4) is 0 Å². The largest absolute Gasteiger partial charge is 0.461 e. The highest BCUT2D eigenvalue weighted by molar-refractivity contribution is 6.07. The third-order valence-electron chi connectivity index (χ3n) is 8.44. The van der Waals surface area contributed by atoms with Gasteiger partial charge in [-0.2, -0.15) is 0 Å². The van der Waals surface area contributed by atoms with Crippen molar-refractivity contribution in [1.29, 1.82) is 0 Å². The molecule has 3 rings (SSSR count). The number of hydrogen-bond donors (Lipinski definition) is 2. The maximum atomic E-state index is 13.5. The number of nitrogens with one attached hydrogen (secondary N) is 1. The summed E-state index contributed by atoms with van der Waals surface area (Å²) in [5.41, 5.74) is 7.41. The van der Waals surface area contributed by atoms with Gasteiger partial charge in [0.2, 0.25) is 5.91 Å². The summed E-state index contributed by atoms with van der Waals surface area (Å²) >= 11 is 0. The topological polar surface area (TPSA) is 138 Å². The van der Waals surface area contributed by atoms with Crippen molar-refractivity contribution in [3.05, 3.63) is 78.0 Å².